The first-order valence-corrected chi connectivity index (χ1v) is 11.4. The molecule has 166 valence electrons. The van der Waals surface area contributed by atoms with Crippen molar-refractivity contribution in [3.8, 4) is 5.69 Å². The number of nitrogens with one attached hydrogen (secondary N) is 2. The first kappa shape index (κ1) is 21.9. The van der Waals surface area contributed by atoms with E-state index in [1.54, 1.807) is 0 Å². The molecule has 2 atom stereocenters. The molecule has 0 spiro atoms. The number of rotatable bonds is 6. The molecule has 1 aromatic heterocycles. The Hall–Kier alpha value is -3.34. The van der Waals surface area contributed by atoms with Gasteiger partial charge in [0.15, 0.2) is 0 Å². The van der Waals surface area contributed by atoms with E-state index in [4.69, 9.17) is 5.10 Å². The zero-order valence-electron chi connectivity index (χ0n) is 19.3. The Kier molecular flexibility index (Phi) is 6.45. The number of carbonyl (C=O) groups excluding carboxylic acids is 1. The van der Waals surface area contributed by atoms with E-state index in [1.165, 1.54) is 11.1 Å². The molecule has 2 unspecified atom stereocenters. The second-order valence-electron chi connectivity index (χ2n) is 8.89. The summed E-state index contributed by atoms with van der Waals surface area (Å²) >= 11 is 0. The normalized spacial score (nSPS) is 17.7. The fourth-order valence-electron chi connectivity index (χ4n) is 4.46. The molecule has 1 heterocycles. The van der Waals surface area contributed by atoms with E-state index in [9.17, 15) is 4.79 Å². The highest BCUT2D eigenvalue weighted by Crippen LogP contribution is 2.34. The predicted octanol–water partition coefficient (Wildman–Crippen LogP) is 5.52. The molecule has 1 aliphatic rings. The van der Waals surface area contributed by atoms with Crippen LogP contribution in [0.3, 0.4) is 0 Å². The van der Waals surface area contributed by atoms with Crippen molar-refractivity contribution in [1.29, 1.82) is 0 Å². The first-order chi connectivity index (χ1) is 15.4. The number of allylic oxidation sites excluding steroid dienone is 1. The Labute approximate surface area is 190 Å². The second-order valence-corrected chi connectivity index (χ2v) is 8.89. The van der Waals surface area contributed by atoms with Crippen LogP contribution in [0.4, 0.5) is 4.79 Å². The van der Waals surface area contributed by atoms with Crippen LogP contribution in [0.1, 0.15) is 60.2 Å². The number of benzene rings is 2. The minimum atomic E-state index is -0.140. The topological polar surface area (TPSA) is 59.0 Å². The lowest BCUT2D eigenvalue weighted by Crippen LogP contribution is -2.40. The van der Waals surface area contributed by atoms with Crippen molar-refractivity contribution in [2.75, 3.05) is 0 Å². The van der Waals surface area contributed by atoms with E-state index in [-0.39, 0.29) is 18.0 Å². The van der Waals surface area contributed by atoms with Crippen molar-refractivity contribution >= 4 is 6.03 Å². The molecular weight excluding hydrogens is 396 g/mol. The highest BCUT2D eigenvalue weighted by molar-refractivity contribution is 5.74. The van der Waals surface area contributed by atoms with Gasteiger partial charge in [-0.1, -0.05) is 68.5 Å². The summed E-state index contributed by atoms with van der Waals surface area (Å²) in [6, 6.07) is 18.5. The molecule has 0 bridgehead atoms. The number of hydrogen-bond donors (Lipinski definition) is 2. The number of carbonyl (C=O) groups is 1. The van der Waals surface area contributed by atoms with Crippen LogP contribution in [0.25, 0.3) is 5.69 Å². The van der Waals surface area contributed by atoms with Gasteiger partial charge in [-0.2, -0.15) is 5.10 Å². The average Bonchev–Trinajstić information content (AvgIpc) is 3.36. The van der Waals surface area contributed by atoms with Crippen LogP contribution in [-0.2, 0) is 6.54 Å². The van der Waals surface area contributed by atoms with E-state index in [2.05, 4.69) is 74.7 Å². The molecular formula is C27H32N4O. The van der Waals surface area contributed by atoms with E-state index in [1.807, 2.05) is 35.0 Å². The molecule has 0 saturated heterocycles. The molecule has 0 aliphatic heterocycles. The molecule has 0 radical (unpaired) electrons. The number of aryl methyl sites for hydroxylation is 1. The summed E-state index contributed by atoms with van der Waals surface area (Å²) in [7, 11) is 0. The summed E-state index contributed by atoms with van der Waals surface area (Å²) in [5.74, 6) is 0.760. The lowest BCUT2D eigenvalue weighted by atomic mass is 9.96. The maximum Gasteiger partial charge on any atom is 0.315 e. The Morgan fingerprint density at radius 1 is 1.06 bits per heavy atom. The van der Waals surface area contributed by atoms with E-state index in [0.29, 0.717) is 12.5 Å². The fourth-order valence-corrected chi connectivity index (χ4v) is 4.46. The third kappa shape index (κ3) is 4.77. The SMILES string of the molecule is Cc1nn(-c2ccc(C(C)C)cc2)c(C)c1C1C=CC(NC(=O)NCc2ccccc2)C1. The Bertz CT molecular complexity index is 1100. The fraction of sp³-hybridized carbons (Fsp3) is 0.333. The van der Waals surface area contributed by atoms with Crippen molar-refractivity contribution in [1.82, 2.24) is 20.4 Å². The predicted molar refractivity (Wildman–Crippen MR) is 129 cm³/mol. The van der Waals surface area contributed by atoms with Gasteiger partial charge in [0.2, 0.25) is 0 Å². The van der Waals surface area contributed by atoms with Crippen LogP contribution in [0, 0.1) is 13.8 Å². The monoisotopic (exact) mass is 428 g/mol. The average molecular weight is 429 g/mol. The summed E-state index contributed by atoms with van der Waals surface area (Å²) in [6.07, 6.45) is 5.14. The molecule has 0 saturated carbocycles. The minimum Gasteiger partial charge on any atom is -0.334 e. The van der Waals surface area contributed by atoms with Crippen LogP contribution in [-0.4, -0.2) is 21.9 Å². The van der Waals surface area contributed by atoms with Gasteiger partial charge >= 0.3 is 6.03 Å². The summed E-state index contributed by atoms with van der Waals surface area (Å²) < 4.78 is 2.04. The summed E-state index contributed by atoms with van der Waals surface area (Å²) in [4.78, 5) is 12.3. The zero-order chi connectivity index (χ0) is 22.7. The summed E-state index contributed by atoms with van der Waals surface area (Å²) in [5, 5.41) is 10.9. The number of aromatic nitrogens is 2. The molecule has 1 aliphatic carbocycles. The number of hydrogen-bond acceptors (Lipinski definition) is 2. The molecule has 2 amide bonds. The molecule has 5 nitrogen and oxygen atoms in total. The summed E-state index contributed by atoms with van der Waals surface area (Å²) in [6.45, 7) is 9.13. The van der Waals surface area contributed by atoms with Gasteiger partial charge in [-0.25, -0.2) is 9.48 Å². The molecule has 4 rings (SSSR count). The Balaban J connectivity index is 1.40. The van der Waals surface area contributed by atoms with Gasteiger partial charge in [-0.05, 0) is 49.4 Å². The first-order valence-electron chi connectivity index (χ1n) is 11.4. The van der Waals surface area contributed by atoms with Crippen LogP contribution in [0.15, 0.2) is 66.7 Å². The van der Waals surface area contributed by atoms with Gasteiger partial charge in [0, 0.05) is 29.8 Å². The van der Waals surface area contributed by atoms with Crippen molar-refractivity contribution in [2.24, 2.45) is 0 Å². The highest BCUT2D eigenvalue weighted by atomic mass is 16.2. The lowest BCUT2D eigenvalue weighted by molar-refractivity contribution is 0.238. The third-order valence-electron chi connectivity index (χ3n) is 6.22. The number of nitrogens with zero attached hydrogens (tertiary/aromatic N) is 2. The van der Waals surface area contributed by atoms with Crippen LogP contribution < -0.4 is 10.6 Å². The lowest BCUT2D eigenvalue weighted by Gasteiger charge is -2.15. The Morgan fingerprint density at radius 3 is 2.47 bits per heavy atom. The maximum absolute atomic E-state index is 12.3. The minimum absolute atomic E-state index is 0.0169. The van der Waals surface area contributed by atoms with Crippen LogP contribution in [0.5, 0.6) is 0 Å². The van der Waals surface area contributed by atoms with E-state index >= 15 is 0 Å². The quantitative estimate of drug-likeness (QED) is 0.508. The van der Waals surface area contributed by atoms with Gasteiger partial charge in [0.1, 0.15) is 0 Å². The van der Waals surface area contributed by atoms with Gasteiger partial charge in [-0.3, -0.25) is 0 Å². The van der Waals surface area contributed by atoms with Gasteiger partial charge in [0.25, 0.3) is 0 Å². The van der Waals surface area contributed by atoms with Crippen LogP contribution >= 0.6 is 0 Å². The highest BCUT2D eigenvalue weighted by Gasteiger charge is 2.27. The maximum atomic E-state index is 12.3. The van der Waals surface area contributed by atoms with Gasteiger partial charge in [0.05, 0.1) is 11.4 Å². The van der Waals surface area contributed by atoms with E-state index in [0.717, 1.165) is 29.1 Å². The molecule has 5 heteroatoms. The smallest absolute Gasteiger partial charge is 0.315 e. The van der Waals surface area contributed by atoms with Crippen molar-refractivity contribution < 1.29 is 4.79 Å². The van der Waals surface area contributed by atoms with Crippen molar-refractivity contribution in [3.05, 3.63) is 94.8 Å². The standard InChI is InChI=1S/C27H32N4O/c1-18(2)22-11-14-25(15-12-22)31-20(4)26(19(3)30-31)23-10-13-24(16-23)29-27(32)28-17-21-8-6-5-7-9-21/h5-15,18,23-24H,16-17H2,1-4H3,(H2,28,29,32). The zero-order valence-corrected chi connectivity index (χ0v) is 19.3. The Morgan fingerprint density at radius 2 is 1.78 bits per heavy atom. The second kappa shape index (κ2) is 9.43. The molecule has 2 N–H and O–H groups in total. The molecule has 0 fully saturated rings. The van der Waals surface area contributed by atoms with Crippen molar-refractivity contribution in [3.63, 3.8) is 0 Å². The van der Waals surface area contributed by atoms with Crippen molar-refractivity contribution in [2.45, 2.75) is 58.5 Å². The third-order valence-corrected chi connectivity index (χ3v) is 6.22. The van der Waals surface area contributed by atoms with Gasteiger partial charge < -0.3 is 10.6 Å². The van der Waals surface area contributed by atoms with E-state index < -0.39 is 0 Å². The molecule has 32 heavy (non-hydrogen) atoms. The molecule has 2 aromatic carbocycles. The summed E-state index contributed by atoms with van der Waals surface area (Å²) in [5.41, 5.74) is 6.94. The van der Waals surface area contributed by atoms with Crippen LogP contribution in [0.2, 0.25) is 0 Å². The van der Waals surface area contributed by atoms with Gasteiger partial charge in [-0.15, -0.1) is 0 Å². The largest absolute Gasteiger partial charge is 0.334 e. The number of amides is 2. The number of urea groups is 1. The molecule has 3 aromatic rings.